The van der Waals surface area contributed by atoms with Gasteiger partial charge in [0.2, 0.25) is 0 Å². The standard InChI is InChI=1S/C27H28O5/c1-2-31-26(30)19-24(28)18-25(29)20-32-27(21-12-6-3-7-13-21,22-14-8-4-9-15-22)23-16-10-5-11-17-23/h3-17,25,29H,2,18-20H2,1H3. The molecule has 1 atom stereocenters. The van der Waals surface area contributed by atoms with Gasteiger partial charge >= 0.3 is 5.97 Å². The van der Waals surface area contributed by atoms with E-state index >= 15 is 0 Å². The Morgan fingerprint density at radius 2 is 1.25 bits per heavy atom. The van der Waals surface area contributed by atoms with Gasteiger partial charge < -0.3 is 14.6 Å². The van der Waals surface area contributed by atoms with E-state index in [2.05, 4.69) is 0 Å². The highest BCUT2D eigenvalue weighted by Crippen LogP contribution is 2.40. The van der Waals surface area contributed by atoms with Crippen molar-refractivity contribution in [2.24, 2.45) is 0 Å². The van der Waals surface area contributed by atoms with Gasteiger partial charge in [-0.05, 0) is 23.6 Å². The lowest BCUT2D eigenvalue weighted by molar-refractivity contribution is -0.146. The third kappa shape index (κ3) is 5.69. The molecule has 1 unspecified atom stereocenters. The summed E-state index contributed by atoms with van der Waals surface area (Å²) < 4.78 is 11.3. The average Bonchev–Trinajstić information content (AvgIpc) is 2.81. The average molecular weight is 433 g/mol. The summed E-state index contributed by atoms with van der Waals surface area (Å²) in [4.78, 5) is 23.7. The number of ketones is 1. The van der Waals surface area contributed by atoms with Crippen molar-refractivity contribution < 1.29 is 24.2 Å². The van der Waals surface area contributed by atoms with Crippen LogP contribution in [0, 0.1) is 0 Å². The van der Waals surface area contributed by atoms with E-state index in [4.69, 9.17) is 9.47 Å². The zero-order valence-corrected chi connectivity index (χ0v) is 18.1. The normalized spacial score (nSPS) is 12.2. The maximum absolute atomic E-state index is 12.2. The minimum Gasteiger partial charge on any atom is -0.466 e. The Hall–Kier alpha value is -3.28. The first-order chi connectivity index (χ1) is 15.6. The van der Waals surface area contributed by atoms with Crippen LogP contribution in [0.1, 0.15) is 36.5 Å². The predicted octanol–water partition coefficient (Wildman–Crippen LogP) is 4.27. The van der Waals surface area contributed by atoms with E-state index in [1.165, 1.54) is 0 Å². The van der Waals surface area contributed by atoms with Crippen molar-refractivity contribution in [1.82, 2.24) is 0 Å². The fourth-order valence-corrected chi connectivity index (χ4v) is 3.76. The topological polar surface area (TPSA) is 72.8 Å². The fraction of sp³-hybridized carbons (Fsp3) is 0.259. The molecule has 0 aliphatic rings. The molecule has 0 aliphatic heterocycles. The number of Topliss-reactive ketones (excluding diaryl/α,β-unsaturated/α-hetero) is 1. The molecule has 0 aromatic heterocycles. The zero-order valence-electron chi connectivity index (χ0n) is 18.1. The first-order valence-corrected chi connectivity index (χ1v) is 10.7. The van der Waals surface area contributed by atoms with E-state index < -0.39 is 17.7 Å². The van der Waals surface area contributed by atoms with Crippen LogP contribution in [-0.2, 0) is 24.7 Å². The Labute approximate surface area is 188 Å². The van der Waals surface area contributed by atoms with Crippen LogP contribution in [0.25, 0.3) is 0 Å². The fourth-order valence-electron chi connectivity index (χ4n) is 3.76. The molecule has 0 amide bonds. The van der Waals surface area contributed by atoms with Gasteiger partial charge in [0.05, 0.1) is 19.3 Å². The molecule has 3 aromatic carbocycles. The number of esters is 1. The summed E-state index contributed by atoms with van der Waals surface area (Å²) in [7, 11) is 0. The molecule has 3 rings (SSSR count). The largest absolute Gasteiger partial charge is 0.466 e. The van der Waals surface area contributed by atoms with Crippen molar-refractivity contribution in [3.63, 3.8) is 0 Å². The summed E-state index contributed by atoms with van der Waals surface area (Å²) in [6.07, 6.45) is -1.60. The summed E-state index contributed by atoms with van der Waals surface area (Å²) in [6, 6.07) is 29.4. The molecule has 0 heterocycles. The SMILES string of the molecule is CCOC(=O)CC(=O)CC(O)COC(c1ccccc1)(c1ccccc1)c1ccccc1. The van der Waals surface area contributed by atoms with Crippen molar-refractivity contribution in [2.45, 2.75) is 31.5 Å². The third-order valence-electron chi connectivity index (χ3n) is 5.14. The second kappa shape index (κ2) is 11.4. The number of aliphatic hydroxyl groups is 1. The first kappa shape index (κ1) is 23.4. The number of ether oxygens (including phenoxy) is 2. The van der Waals surface area contributed by atoms with Gasteiger partial charge in [0.1, 0.15) is 17.8 Å². The van der Waals surface area contributed by atoms with Gasteiger partial charge in [0.15, 0.2) is 0 Å². The Bertz CT molecular complexity index is 890. The lowest BCUT2D eigenvalue weighted by Crippen LogP contribution is -2.36. The highest BCUT2D eigenvalue weighted by atomic mass is 16.5. The lowest BCUT2D eigenvalue weighted by atomic mass is 9.80. The smallest absolute Gasteiger partial charge is 0.313 e. The molecule has 0 saturated carbocycles. The molecule has 5 heteroatoms. The molecule has 0 bridgehead atoms. The zero-order chi connectivity index (χ0) is 22.8. The van der Waals surface area contributed by atoms with Crippen LogP contribution in [0.15, 0.2) is 91.0 Å². The molecular weight excluding hydrogens is 404 g/mol. The molecular formula is C27H28O5. The van der Waals surface area contributed by atoms with Crippen LogP contribution in [0.3, 0.4) is 0 Å². The van der Waals surface area contributed by atoms with Gasteiger partial charge in [-0.15, -0.1) is 0 Å². The van der Waals surface area contributed by atoms with Crippen LogP contribution in [0.4, 0.5) is 0 Å². The first-order valence-electron chi connectivity index (χ1n) is 10.7. The number of benzene rings is 3. The van der Waals surface area contributed by atoms with Crippen molar-refractivity contribution in [1.29, 1.82) is 0 Å². The van der Waals surface area contributed by atoms with Crippen molar-refractivity contribution in [2.75, 3.05) is 13.2 Å². The summed E-state index contributed by atoms with van der Waals surface area (Å²) in [5.41, 5.74) is 1.74. The van der Waals surface area contributed by atoms with Crippen LogP contribution in [0.5, 0.6) is 0 Å². The molecule has 0 fully saturated rings. The molecule has 0 aliphatic carbocycles. The maximum Gasteiger partial charge on any atom is 0.313 e. The second-order valence-electron chi connectivity index (χ2n) is 7.47. The molecule has 0 spiro atoms. The summed E-state index contributed by atoms with van der Waals surface area (Å²) in [5, 5.41) is 10.6. The highest BCUT2D eigenvalue weighted by Gasteiger charge is 2.38. The Morgan fingerprint density at radius 3 is 1.66 bits per heavy atom. The number of hydrogen-bond acceptors (Lipinski definition) is 5. The van der Waals surface area contributed by atoms with Crippen molar-refractivity contribution >= 4 is 11.8 Å². The maximum atomic E-state index is 12.2. The number of aliphatic hydroxyl groups excluding tert-OH is 1. The van der Waals surface area contributed by atoms with E-state index in [1.54, 1.807) is 6.92 Å². The minimum atomic E-state index is -1.06. The van der Waals surface area contributed by atoms with E-state index in [0.717, 1.165) is 16.7 Å². The lowest BCUT2D eigenvalue weighted by Gasteiger charge is -2.36. The van der Waals surface area contributed by atoms with E-state index in [0.29, 0.717) is 0 Å². The van der Waals surface area contributed by atoms with Gasteiger partial charge in [0, 0.05) is 6.42 Å². The highest BCUT2D eigenvalue weighted by molar-refractivity contribution is 5.95. The Morgan fingerprint density at radius 1 is 0.812 bits per heavy atom. The quantitative estimate of drug-likeness (QED) is 0.278. The Balaban J connectivity index is 1.90. The van der Waals surface area contributed by atoms with Crippen molar-refractivity contribution in [3.8, 4) is 0 Å². The summed E-state index contributed by atoms with van der Waals surface area (Å²) in [5.74, 6) is -0.970. The molecule has 1 N–H and O–H groups in total. The second-order valence-corrected chi connectivity index (χ2v) is 7.47. The monoisotopic (exact) mass is 432 g/mol. The van der Waals surface area contributed by atoms with E-state index in [-0.39, 0.29) is 31.8 Å². The van der Waals surface area contributed by atoms with Gasteiger partial charge in [-0.3, -0.25) is 9.59 Å². The van der Waals surface area contributed by atoms with Crippen LogP contribution in [0.2, 0.25) is 0 Å². The molecule has 0 saturated heterocycles. The molecule has 166 valence electrons. The van der Waals surface area contributed by atoms with Gasteiger partial charge in [-0.2, -0.15) is 0 Å². The number of carbonyl (C=O) groups excluding carboxylic acids is 2. The molecule has 5 nitrogen and oxygen atoms in total. The molecule has 3 aromatic rings. The molecule has 32 heavy (non-hydrogen) atoms. The van der Waals surface area contributed by atoms with Gasteiger partial charge in [-0.1, -0.05) is 91.0 Å². The summed E-state index contributed by atoms with van der Waals surface area (Å²) >= 11 is 0. The Kier molecular flexibility index (Phi) is 8.31. The van der Waals surface area contributed by atoms with Crippen LogP contribution < -0.4 is 0 Å². The number of carbonyl (C=O) groups is 2. The van der Waals surface area contributed by atoms with E-state index in [1.807, 2.05) is 91.0 Å². The van der Waals surface area contributed by atoms with Gasteiger partial charge in [-0.25, -0.2) is 0 Å². The van der Waals surface area contributed by atoms with E-state index in [9.17, 15) is 14.7 Å². The van der Waals surface area contributed by atoms with Crippen molar-refractivity contribution in [3.05, 3.63) is 108 Å². The molecule has 0 radical (unpaired) electrons. The third-order valence-corrected chi connectivity index (χ3v) is 5.14. The minimum absolute atomic E-state index is 0.0900. The summed E-state index contributed by atoms with van der Waals surface area (Å²) in [6.45, 7) is 1.81. The number of rotatable bonds is 11. The van der Waals surface area contributed by atoms with Crippen LogP contribution >= 0.6 is 0 Å². The van der Waals surface area contributed by atoms with Gasteiger partial charge in [0.25, 0.3) is 0 Å². The number of hydrogen-bond donors (Lipinski definition) is 1. The predicted molar refractivity (Wildman–Crippen MR) is 122 cm³/mol. The van der Waals surface area contributed by atoms with Crippen LogP contribution in [-0.4, -0.2) is 36.2 Å².